The second-order valence-electron chi connectivity index (χ2n) is 4.64. The van der Waals surface area contributed by atoms with E-state index < -0.39 is 11.7 Å². The molecule has 2 N–H and O–H groups in total. The molecule has 0 aromatic heterocycles. The van der Waals surface area contributed by atoms with Gasteiger partial charge in [0.05, 0.1) is 22.0 Å². The number of hydrazone groups is 1. The van der Waals surface area contributed by atoms with Crippen LogP contribution >= 0.6 is 23.2 Å². The number of rotatable bonds is 3. The highest BCUT2D eigenvalue weighted by atomic mass is 35.5. The van der Waals surface area contributed by atoms with Gasteiger partial charge in [-0.2, -0.15) is 18.3 Å². The van der Waals surface area contributed by atoms with Crippen LogP contribution in [0.25, 0.3) is 0 Å². The van der Waals surface area contributed by atoms with E-state index in [0.29, 0.717) is 0 Å². The summed E-state index contributed by atoms with van der Waals surface area (Å²) >= 11 is 11.7. The quantitative estimate of drug-likeness (QED) is 0.554. The van der Waals surface area contributed by atoms with E-state index in [9.17, 15) is 18.3 Å². The third-order valence-corrected chi connectivity index (χ3v) is 3.50. The summed E-state index contributed by atoms with van der Waals surface area (Å²) in [6.45, 7) is 1.50. The molecule has 0 fully saturated rings. The highest BCUT2D eigenvalue weighted by Gasteiger charge is 2.33. The number of nitrogens with zero attached hydrogens (tertiary/aromatic N) is 1. The number of hydrogen-bond donors (Lipinski definition) is 2. The number of aromatic hydroxyl groups is 1. The molecule has 0 aliphatic rings. The van der Waals surface area contributed by atoms with Crippen LogP contribution in [0.15, 0.2) is 41.5 Å². The minimum absolute atomic E-state index is 0.0257. The molecule has 23 heavy (non-hydrogen) atoms. The van der Waals surface area contributed by atoms with Crippen molar-refractivity contribution >= 4 is 34.6 Å². The van der Waals surface area contributed by atoms with Crippen molar-refractivity contribution in [1.82, 2.24) is 0 Å². The van der Waals surface area contributed by atoms with Gasteiger partial charge in [-0.1, -0.05) is 35.3 Å². The Kier molecular flexibility index (Phi) is 5.06. The largest absolute Gasteiger partial charge is 0.506 e. The Morgan fingerprint density at radius 3 is 2.48 bits per heavy atom. The van der Waals surface area contributed by atoms with Gasteiger partial charge < -0.3 is 5.11 Å². The van der Waals surface area contributed by atoms with Crippen molar-refractivity contribution in [3.8, 4) is 5.75 Å². The molecule has 0 atom stereocenters. The summed E-state index contributed by atoms with van der Waals surface area (Å²) in [4.78, 5) is 0. The lowest BCUT2D eigenvalue weighted by molar-refractivity contribution is -0.136. The Morgan fingerprint density at radius 1 is 1.17 bits per heavy atom. The summed E-state index contributed by atoms with van der Waals surface area (Å²) < 4.78 is 38.7. The SMILES string of the molecule is C/C(=N\Nc1ccccc1C(F)(F)F)c1cc(Cl)cc(Cl)c1O. The number of para-hydroxylation sites is 1. The van der Waals surface area contributed by atoms with Crippen molar-refractivity contribution in [3.63, 3.8) is 0 Å². The van der Waals surface area contributed by atoms with Crippen molar-refractivity contribution in [2.24, 2.45) is 5.10 Å². The van der Waals surface area contributed by atoms with E-state index in [-0.39, 0.29) is 32.8 Å². The highest BCUT2D eigenvalue weighted by Crippen LogP contribution is 2.35. The van der Waals surface area contributed by atoms with Crippen LogP contribution in [-0.4, -0.2) is 10.8 Å². The van der Waals surface area contributed by atoms with E-state index in [0.717, 1.165) is 6.07 Å². The first-order valence-corrected chi connectivity index (χ1v) is 7.10. The molecule has 2 aromatic carbocycles. The monoisotopic (exact) mass is 362 g/mol. The van der Waals surface area contributed by atoms with Crippen molar-refractivity contribution < 1.29 is 18.3 Å². The molecule has 2 aromatic rings. The fourth-order valence-electron chi connectivity index (χ4n) is 1.87. The second-order valence-corrected chi connectivity index (χ2v) is 5.48. The molecular formula is C15H11Cl2F3N2O. The third-order valence-electron chi connectivity index (χ3n) is 2.99. The minimum atomic E-state index is -4.51. The van der Waals surface area contributed by atoms with Gasteiger partial charge in [0.25, 0.3) is 0 Å². The predicted molar refractivity (Wildman–Crippen MR) is 85.4 cm³/mol. The van der Waals surface area contributed by atoms with Gasteiger partial charge in [0.1, 0.15) is 5.75 Å². The molecule has 0 aliphatic carbocycles. The van der Waals surface area contributed by atoms with Gasteiger partial charge in [-0.15, -0.1) is 0 Å². The average Bonchev–Trinajstić information content (AvgIpc) is 2.47. The van der Waals surface area contributed by atoms with E-state index >= 15 is 0 Å². The fourth-order valence-corrected chi connectivity index (χ4v) is 2.37. The van der Waals surface area contributed by atoms with Crippen LogP contribution in [0.4, 0.5) is 18.9 Å². The van der Waals surface area contributed by atoms with Gasteiger partial charge >= 0.3 is 6.18 Å². The second kappa shape index (κ2) is 6.68. The summed E-state index contributed by atoms with van der Waals surface area (Å²) in [5.41, 5.74) is 1.76. The van der Waals surface area contributed by atoms with E-state index in [1.54, 1.807) is 0 Å². The van der Waals surface area contributed by atoms with E-state index in [1.807, 2.05) is 0 Å². The van der Waals surface area contributed by atoms with Gasteiger partial charge in [0.15, 0.2) is 0 Å². The van der Waals surface area contributed by atoms with Crippen molar-refractivity contribution in [2.75, 3.05) is 5.43 Å². The van der Waals surface area contributed by atoms with Gasteiger partial charge in [-0.05, 0) is 31.2 Å². The maximum atomic E-state index is 12.9. The number of phenolic OH excluding ortho intramolecular Hbond substituents is 1. The molecule has 0 aliphatic heterocycles. The van der Waals surface area contributed by atoms with Crippen molar-refractivity contribution in [2.45, 2.75) is 13.1 Å². The smallest absolute Gasteiger partial charge is 0.418 e. The van der Waals surface area contributed by atoms with Crippen LogP contribution in [0.1, 0.15) is 18.1 Å². The first-order valence-electron chi connectivity index (χ1n) is 6.35. The Morgan fingerprint density at radius 2 is 1.83 bits per heavy atom. The molecule has 0 amide bonds. The molecular weight excluding hydrogens is 352 g/mol. The Bertz CT molecular complexity index is 761. The number of nitrogens with one attached hydrogen (secondary N) is 1. The lowest BCUT2D eigenvalue weighted by Crippen LogP contribution is -2.09. The summed E-state index contributed by atoms with van der Waals surface area (Å²) in [5, 5.41) is 14.1. The Labute approximate surface area is 140 Å². The predicted octanol–water partition coefficient (Wildman–Crippen LogP) is 5.55. The summed E-state index contributed by atoms with van der Waals surface area (Å²) in [6.07, 6.45) is -4.51. The first kappa shape index (κ1) is 17.4. The average molecular weight is 363 g/mol. The maximum absolute atomic E-state index is 12.9. The lowest BCUT2D eigenvalue weighted by atomic mass is 10.1. The molecule has 122 valence electrons. The molecule has 2 rings (SSSR count). The summed E-state index contributed by atoms with van der Waals surface area (Å²) in [5.74, 6) is -0.247. The zero-order valence-electron chi connectivity index (χ0n) is 11.7. The topological polar surface area (TPSA) is 44.6 Å². The fraction of sp³-hybridized carbons (Fsp3) is 0.133. The molecule has 8 heteroatoms. The zero-order valence-corrected chi connectivity index (χ0v) is 13.3. The molecule has 3 nitrogen and oxygen atoms in total. The van der Waals surface area contributed by atoms with Crippen LogP contribution in [0, 0.1) is 0 Å². The van der Waals surface area contributed by atoms with E-state index in [1.165, 1.54) is 37.3 Å². The van der Waals surface area contributed by atoms with Gasteiger partial charge in [0.2, 0.25) is 0 Å². The third kappa shape index (κ3) is 4.09. The molecule has 0 bridgehead atoms. The Balaban J connectivity index is 2.35. The number of halogens is 5. The van der Waals surface area contributed by atoms with Crippen LogP contribution in [0.2, 0.25) is 10.0 Å². The normalized spacial score (nSPS) is 12.3. The zero-order chi connectivity index (χ0) is 17.2. The standard InChI is InChI=1S/C15H11Cl2F3N2O/c1-8(10-6-9(16)7-12(17)14(10)23)21-22-13-5-3-2-4-11(13)15(18,19)20/h2-7,22-23H,1H3/b21-8+. The van der Waals surface area contributed by atoms with Crippen molar-refractivity contribution in [1.29, 1.82) is 0 Å². The number of anilines is 1. The Hall–Kier alpha value is -1.92. The number of alkyl halides is 3. The van der Waals surface area contributed by atoms with Gasteiger partial charge in [-0.3, -0.25) is 5.43 Å². The summed E-state index contributed by atoms with van der Waals surface area (Å²) in [7, 11) is 0. The highest BCUT2D eigenvalue weighted by molar-refractivity contribution is 6.36. The van der Waals surface area contributed by atoms with Crippen LogP contribution in [-0.2, 0) is 6.18 Å². The minimum Gasteiger partial charge on any atom is -0.506 e. The molecule has 0 spiro atoms. The summed E-state index contributed by atoms with van der Waals surface area (Å²) in [6, 6.07) is 7.70. The van der Waals surface area contributed by atoms with E-state index in [4.69, 9.17) is 23.2 Å². The maximum Gasteiger partial charge on any atom is 0.418 e. The molecule has 0 saturated heterocycles. The first-order chi connectivity index (χ1) is 10.7. The van der Waals surface area contributed by atoms with Crippen LogP contribution in [0.5, 0.6) is 5.75 Å². The number of phenols is 1. The molecule has 0 radical (unpaired) electrons. The molecule has 0 unspecified atom stereocenters. The molecule has 0 saturated carbocycles. The van der Waals surface area contributed by atoms with Crippen LogP contribution < -0.4 is 5.43 Å². The molecule has 0 heterocycles. The lowest BCUT2D eigenvalue weighted by Gasteiger charge is -2.12. The van der Waals surface area contributed by atoms with Gasteiger partial charge in [-0.25, -0.2) is 0 Å². The number of benzene rings is 2. The number of hydrogen-bond acceptors (Lipinski definition) is 3. The van der Waals surface area contributed by atoms with E-state index in [2.05, 4.69) is 10.5 Å². The van der Waals surface area contributed by atoms with Crippen LogP contribution in [0.3, 0.4) is 0 Å². The van der Waals surface area contributed by atoms with Crippen molar-refractivity contribution in [3.05, 3.63) is 57.6 Å². The van der Waals surface area contributed by atoms with Gasteiger partial charge in [0, 0.05) is 10.6 Å².